The Hall–Kier alpha value is -0.930. The molecule has 0 aromatic heterocycles. The lowest BCUT2D eigenvalue weighted by Gasteiger charge is -2.11. The van der Waals surface area contributed by atoms with Gasteiger partial charge < -0.3 is 10.6 Å². The summed E-state index contributed by atoms with van der Waals surface area (Å²) >= 11 is 0. The standard InChI is InChI=1S/C11H15FN2/c12-11-4-2-1-3-9(11)7-14-10-5-6-13-8-10/h1-4,10,13-14H,5-8H2. The topological polar surface area (TPSA) is 24.1 Å². The Labute approximate surface area is 83.5 Å². The highest BCUT2D eigenvalue weighted by Gasteiger charge is 2.13. The van der Waals surface area contributed by atoms with Crippen LogP contribution in [0.25, 0.3) is 0 Å². The minimum Gasteiger partial charge on any atom is -0.315 e. The molecule has 0 spiro atoms. The predicted molar refractivity (Wildman–Crippen MR) is 54.5 cm³/mol. The Morgan fingerprint density at radius 1 is 1.43 bits per heavy atom. The van der Waals surface area contributed by atoms with Crippen LogP contribution in [0.1, 0.15) is 12.0 Å². The van der Waals surface area contributed by atoms with Crippen LogP contribution in [0.5, 0.6) is 0 Å². The second-order valence-electron chi connectivity index (χ2n) is 3.66. The molecule has 1 aromatic carbocycles. The molecule has 0 radical (unpaired) electrons. The summed E-state index contributed by atoms with van der Waals surface area (Å²) in [4.78, 5) is 0. The maximum Gasteiger partial charge on any atom is 0.127 e. The van der Waals surface area contributed by atoms with E-state index in [4.69, 9.17) is 0 Å². The van der Waals surface area contributed by atoms with Crippen LogP contribution in [-0.2, 0) is 6.54 Å². The maximum absolute atomic E-state index is 13.2. The van der Waals surface area contributed by atoms with Crippen LogP contribution in [0.4, 0.5) is 4.39 Å². The fourth-order valence-corrected chi connectivity index (χ4v) is 1.72. The van der Waals surface area contributed by atoms with Crippen LogP contribution in [0.2, 0.25) is 0 Å². The van der Waals surface area contributed by atoms with Gasteiger partial charge in [0.1, 0.15) is 5.82 Å². The molecule has 0 bridgehead atoms. The fourth-order valence-electron chi connectivity index (χ4n) is 1.72. The normalized spacial score (nSPS) is 21.4. The van der Waals surface area contributed by atoms with E-state index in [9.17, 15) is 4.39 Å². The van der Waals surface area contributed by atoms with Gasteiger partial charge >= 0.3 is 0 Å². The molecule has 2 nitrogen and oxygen atoms in total. The zero-order chi connectivity index (χ0) is 9.80. The summed E-state index contributed by atoms with van der Waals surface area (Å²) in [5.74, 6) is -0.119. The van der Waals surface area contributed by atoms with Gasteiger partial charge in [-0.2, -0.15) is 0 Å². The SMILES string of the molecule is Fc1ccccc1CNC1CCNC1. The quantitative estimate of drug-likeness (QED) is 0.757. The molecule has 14 heavy (non-hydrogen) atoms. The minimum absolute atomic E-state index is 0.119. The second kappa shape index (κ2) is 4.53. The van der Waals surface area contributed by atoms with Crippen LogP contribution in [-0.4, -0.2) is 19.1 Å². The van der Waals surface area contributed by atoms with Crippen molar-refractivity contribution in [3.8, 4) is 0 Å². The molecule has 0 saturated carbocycles. The summed E-state index contributed by atoms with van der Waals surface area (Å²) in [5.41, 5.74) is 0.749. The predicted octanol–water partition coefficient (Wildman–Crippen LogP) is 1.28. The summed E-state index contributed by atoms with van der Waals surface area (Å²) < 4.78 is 13.2. The molecule has 1 aromatic rings. The Morgan fingerprint density at radius 2 is 2.29 bits per heavy atom. The molecule has 1 aliphatic heterocycles. The molecule has 1 saturated heterocycles. The average Bonchev–Trinajstić information content (AvgIpc) is 2.69. The van der Waals surface area contributed by atoms with Gasteiger partial charge in [-0.3, -0.25) is 0 Å². The smallest absolute Gasteiger partial charge is 0.127 e. The van der Waals surface area contributed by atoms with Crippen molar-refractivity contribution in [1.82, 2.24) is 10.6 Å². The molecule has 1 atom stereocenters. The molecule has 1 fully saturated rings. The van der Waals surface area contributed by atoms with Gasteiger partial charge in [0.15, 0.2) is 0 Å². The highest BCUT2D eigenvalue weighted by atomic mass is 19.1. The Morgan fingerprint density at radius 3 is 3.00 bits per heavy atom. The third-order valence-electron chi connectivity index (χ3n) is 2.60. The Bertz CT molecular complexity index is 295. The molecule has 0 amide bonds. The zero-order valence-corrected chi connectivity index (χ0v) is 8.09. The molecular weight excluding hydrogens is 179 g/mol. The van der Waals surface area contributed by atoms with Gasteiger partial charge in [0, 0.05) is 24.7 Å². The molecule has 3 heteroatoms. The van der Waals surface area contributed by atoms with Crippen molar-refractivity contribution in [2.45, 2.75) is 19.0 Å². The van der Waals surface area contributed by atoms with Gasteiger partial charge in [-0.1, -0.05) is 18.2 Å². The van der Waals surface area contributed by atoms with Crippen LogP contribution < -0.4 is 10.6 Å². The van der Waals surface area contributed by atoms with Crippen molar-refractivity contribution in [2.24, 2.45) is 0 Å². The molecule has 1 heterocycles. The third-order valence-corrected chi connectivity index (χ3v) is 2.60. The lowest BCUT2D eigenvalue weighted by molar-refractivity contribution is 0.527. The van der Waals surface area contributed by atoms with Crippen molar-refractivity contribution < 1.29 is 4.39 Å². The lowest BCUT2D eigenvalue weighted by Crippen LogP contribution is -2.30. The van der Waals surface area contributed by atoms with E-state index < -0.39 is 0 Å². The Balaban J connectivity index is 1.88. The monoisotopic (exact) mass is 194 g/mol. The summed E-state index contributed by atoms with van der Waals surface area (Å²) in [6.07, 6.45) is 1.13. The molecule has 76 valence electrons. The zero-order valence-electron chi connectivity index (χ0n) is 8.09. The van der Waals surface area contributed by atoms with Crippen LogP contribution >= 0.6 is 0 Å². The van der Waals surface area contributed by atoms with Crippen LogP contribution in [0, 0.1) is 5.82 Å². The average molecular weight is 194 g/mol. The molecule has 1 unspecified atom stereocenters. The number of halogens is 1. The molecule has 2 N–H and O–H groups in total. The Kier molecular flexibility index (Phi) is 3.11. The van der Waals surface area contributed by atoms with Gasteiger partial charge in [0.25, 0.3) is 0 Å². The van der Waals surface area contributed by atoms with E-state index in [1.165, 1.54) is 6.07 Å². The number of nitrogens with one attached hydrogen (secondary N) is 2. The van der Waals surface area contributed by atoms with Crippen LogP contribution in [0.3, 0.4) is 0 Å². The van der Waals surface area contributed by atoms with Crippen LogP contribution in [0.15, 0.2) is 24.3 Å². The van der Waals surface area contributed by atoms with Crippen molar-refractivity contribution in [1.29, 1.82) is 0 Å². The van der Waals surface area contributed by atoms with E-state index in [2.05, 4.69) is 10.6 Å². The van der Waals surface area contributed by atoms with Gasteiger partial charge in [0.05, 0.1) is 0 Å². The number of hydrogen-bond acceptors (Lipinski definition) is 2. The first-order valence-corrected chi connectivity index (χ1v) is 5.04. The minimum atomic E-state index is -0.119. The van der Waals surface area contributed by atoms with Crippen molar-refractivity contribution in [3.05, 3.63) is 35.6 Å². The summed E-state index contributed by atoms with van der Waals surface area (Å²) in [5, 5.41) is 6.60. The highest BCUT2D eigenvalue weighted by molar-refractivity contribution is 5.17. The maximum atomic E-state index is 13.2. The fraction of sp³-hybridized carbons (Fsp3) is 0.455. The first kappa shape index (κ1) is 9.62. The van der Waals surface area contributed by atoms with Gasteiger partial charge in [0.2, 0.25) is 0 Å². The van der Waals surface area contributed by atoms with E-state index in [1.807, 2.05) is 12.1 Å². The van der Waals surface area contributed by atoms with Gasteiger partial charge in [-0.05, 0) is 19.0 Å². The lowest BCUT2D eigenvalue weighted by atomic mass is 10.2. The number of hydrogen-bond donors (Lipinski definition) is 2. The highest BCUT2D eigenvalue weighted by Crippen LogP contribution is 2.07. The molecular formula is C11H15FN2. The summed E-state index contributed by atoms with van der Waals surface area (Å²) in [7, 11) is 0. The van der Waals surface area contributed by atoms with E-state index in [1.54, 1.807) is 6.07 Å². The van der Waals surface area contributed by atoms with Gasteiger partial charge in [-0.15, -0.1) is 0 Å². The first-order valence-electron chi connectivity index (χ1n) is 5.04. The third kappa shape index (κ3) is 2.30. The van der Waals surface area contributed by atoms with E-state index >= 15 is 0 Å². The van der Waals surface area contributed by atoms with E-state index in [-0.39, 0.29) is 5.82 Å². The van der Waals surface area contributed by atoms with E-state index in [0.717, 1.165) is 25.1 Å². The summed E-state index contributed by atoms with van der Waals surface area (Å²) in [6, 6.07) is 7.41. The molecule has 0 aliphatic carbocycles. The molecule has 1 aliphatic rings. The number of benzene rings is 1. The first-order chi connectivity index (χ1) is 6.86. The van der Waals surface area contributed by atoms with Gasteiger partial charge in [-0.25, -0.2) is 4.39 Å². The van der Waals surface area contributed by atoms with E-state index in [0.29, 0.717) is 12.6 Å². The second-order valence-corrected chi connectivity index (χ2v) is 3.66. The van der Waals surface area contributed by atoms with Crippen molar-refractivity contribution >= 4 is 0 Å². The molecule has 2 rings (SSSR count). The van der Waals surface area contributed by atoms with Crippen molar-refractivity contribution in [2.75, 3.05) is 13.1 Å². The summed E-state index contributed by atoms with van der Waals surface area (Å²) in [6.45, 7) is 2.68. The van der Waals surface area contributed by atoms with Crippen molar-refractivity contribution in [3.63, 3.8) is 0 Å². The largest absolute Gasteiger partial charge is 0.315 e. The number of rotatable bonds is 3.